The molecule has 9 aromatic carbocycles. The van der Waals surface area contributed by atoms with Gasteiger partial charge in [0, 0.05) is 41.9 Å². The van der Waals surface area contributed by atoms with Crippen LogP contribution >= 0.6 is 11.3 Å². The molecule has 0 atom stereocenters. The lowest BCUT2D eigenvalue weighted by atomic mass is 9.80. The molecule has 0 spiro atoms. The minimum absolute atomic E-state index is 0.0811. The molecule has 0 N–H and O–H groups in total. The molecule has 0 amide bonds. The normalized spacial score (nSPS) is 13.4. The van der Waals surface area contributed by atoms with Crippen molar-refractivity contribution in [2.24, 2.45) is 0 Å². The van der Waals surface area contributed by atoms with E-state index in [2.05, 4.69) is 178 Å². The minimum Gasteiger partial charge on any atom is -0.455 e. The van der Waals surface area contributed by atoms with Gasteiger partial charge in [-0.15, -0.1) is 11.3 Å². The summed E-state index contributed by atoms with van der Waals surface area (Å²) in [5.74, 6) is 0. The summed E-state index contributed by atoms with van der Waals surface area (Å²) < 4.78 is 9.20. The lowest BCUT2D eigenvalue weighted by Crippen LogP contribution is -2.14. The van der Waals surface area contributed by atoms with Crippen LogP contribution in [0, 0.1) is 0 Å². The summed E-state index contributed by atoms with van der Waals surface area (Å²) in [7, 11) is 0. The highest BCUT2D eigenvalue weighted by Crippen LogP contribution is 2.53. The van der Waals surface area contributed by atoms with Gasteiger partial charge in [0.2, 0.25) is 0 Å². The van der Waals surface area contributed by atoms with Gasteiger partial charge in [-0.1, -0.05) is 153 Å². The number of hydrogen-bond donors (Lipinski definition) is 0. The highest BCUT2D eigenvalue weighted by molar-refractivity contribution is 7.26. The third kappa shape index (κ3) is 4.29. The molecule has 0 radical (unpaired) electrons. The fourth-order valence-corrected chi connectivity index (χ4v) is 10.9. The van der Waals surface area contributed by atoms with E-state index in [-0.39, 0.29) is 5.41 Å². The maximum absolute atomic E-state index is 6.63. The quantitative estimate of drug-likeness (QED) is 0.166. The lowest BCUT2D eigenvalue weighted by Gasteiger charge is -2.23. The monoisotopic (exact) mass is 718 g/mol. The first-order valence-corrected chi connectivity index (χ1v) is 19.9. The van der Waals surface area contributed by atoms with Crippen LogP contribution in [0.15, 0.2) is 174 Å². The molecule has 0 saturated carbocycles. The largest absolute Gasteiger partial charge is 0.455 e. The average Bonchev–Trinajstić information content (AvgIpc) is 3.87. The van der Waals surface area contributed by atoms with Crippen LogP contribution in [0.2, 0.25) is 0 Å². The maximum Gasteiger partial charge on any atom is 0.143 e. The van der Waals surface area contributed by atoms with Crippen molar-refractivity contribution in [2.75, 3.05) is 0 Å². The lowest BCUT2D eigenvalue weighted by molar-refractivity contribution is 0.660. The zero-order valence-corrected chi connectivity index (χ0v) is 31.3. The van der Waals surface area contributed by atoms with Crippen LogP contribution in [-0.4, -0.2) is 0 Å². The van der Waals surface area contributed by atoms with Crippen LogP contribution in [0.3, 0.4) is 0 Å². The van der Waals surface area contributed by atoms with Crippen molar-refractivity contribution in [1.29, 1.82) is 0 Å². The summed E-state index contributed by atoms with van der Waals surface area (Å²) in [4.78, 5) is 0. The zero-order chi connectivity index (χ0) is 36.4. The van der Waals surface area contributed by atoms with Gasteiger partial charge in [0.15, 0.2) is 0 Å². The number of rotatable bonds is 3. The van der Waals surface area contributed by atoms with E-state index in [0.717, 1.165) is 33.1 Å². The molecule has 2 aromatic heterocycles. The average molecular weight is 719 g/mol. The molecular formula is C53H34OS. The van der Waals surface area contributed by atoms with Crippen molar-refractivity contribution in [1.82, 2.24) is 0 Å². The molecule has 2 heterocycles. The van der Waals surface area contributed by atoms with E-state index >= 15 is 0 Å². The zero-order valence-electron chi connectivity index (χ0n) is 30.5. The van der Waals surface area contributed by atoms with E-state index in [9.17, 15) is 0 Å². The Bertz CT molecular complexity index is 3350. The first-order valence-electron chi connectivity index (χ1n) is 19.1. The Morgan fingerprint density at radius 3 is 1.78 bits per heavy atom. The predicted octanol–water partition coefficient (Wildman–Crippen LogP) is 15.6. The van der Waals surface area contributed by atoms with E-state index in [1.165, 1.54) is 86.2 Å². The number of benzene rings is 9. The first kappa shape index (κ1) is 30.9. The first-order chi connectivity index (χ1) is 27.0. The molecule has 12 rings (SSSR count). The van der Waals surface area contributed by atoms with Crippen LogP contribution < -0.4 is 0 Å². The molecule has 11 aromatic rings. The Labute approximate surface area is 322 Å². The van der Waals surface area contributed by atoms with Gasteiger partial charge in [-0.05, 0) is 102 Å². The molecule has 1 aliphatic rings. The van der Waals surface area contributed by atoms with Gasteiger partial charge in [-0.25, -0.2) is 0 Å². The van der Waals surface area contributed by atoms with E-state index < -0.39 is 0 Å². The Hall–Kier alpha value is -6.48. The van der Waals surface area contributed by atoms with Gasteiger partial charge < -0.3 is 4.42 Å². The highest BCUT2D eigenvalue weighted by Gasteiger charge is 2.35. The standard InChI is InChI=1S/C53H34OS/c1-53(2)44-23-10-7-14-34(44)35-27-26-31(29-45(35)53)49-37-16-3-5-18-39(37)50(40-19-6-4-17-38(40)49)43-28-32(30-48-51(43)42-20-9-12-25-47(42)55-48)33-21-13-22-41-36-15-8-11-24-46(36)54-52(33)41/h3-30H,1-2H3. The van der Waals surface area contributed by atoms with Crippen LogP contribution in [0.25, 0.3) is 108 Å². The Morgan fingerprint density at radius 2 is 1.00 bits per heavy atom. The van der Waals surface area contributed by atoms with E-state index in [4.69, 9.17) is 4.42 Å². The molecule has 1 aliphatic carbocycles. The molecule has 258 valence electrons. The highest BCUT2D eigenvalue weighted by atomic mass is 32.1. The third-order valence-corrected chi connectivity index (χ3v) is 13.4. The summed E-state index contributed by atoms with van der Waals surface area (Å²) in [5, 5.41) is 9.94. The van der Waals surface area contributed by atoms with Crippen LogP contribution in [0.5, 0.6) is 0 Å². The second kappa shape index (κ2) is 11.3. The van der Waals surface area contributed by atoms with Crippen molar-refractivity contribution < 1.29 is 4.42 Å². The van der Waals surface area contributed by atoms with Gasteiger partial charge in [-0.2, -0.15) is 0 Å². The molecular weight excluding hydrogens is 685 g/mol. The third-order valence-electron chi connectivity index (χ3n) is 12.3. The molecule has 0 unspecified atom stereocenters. The Morgan fingerprint density at radius 1 is 0.400 bits per heavy atom. The van der Waals surface area contributed by atoms with Crippen molar-refractivity contribution in [3.63, 3.8) is 0 Å². The SMILES string of the molecule is CC1(C)c2ccccc2-c2ccc(-c3c4ccccc4c(-c4cc(-c5cccc6c5oc5ccccc56)cc5sc6ccccc6c45)c4ccccc34)cc21. The van der Waals surface area contributed by atoms with Crippen LogP contribution in [0.4, 0.5) is 0 Å². The molecule has 0 aliphatic heterocycles. The second-order valence-electron chi connectivity index (χ2n) is 15.5. The predicted molar refractivity (Wildman–Crippen MR) is 235 cm³/mol. The molecule has 0 saturated heterocycles. The van der Waals surface area contributed by atoms with Crippen molar-refractivity contribution in [3.8, 4) is 44.5 Å². The van der Waals surface area contributed by atoms with Gasteiger partial charge in [0.25, 0.3) is 0 Å². The number of furan rings is 1. The minimum atomic E-state index is -0.0811. The molecule has 2 heteroatoms. The summed E-state index contributed by atoms with van der Waals surface area (Å²) >= 11 is 1.88. The van der Waals surface area contributed by atoms with Crippen molar-refractivity contribution >= 4 is 75.0 Å². The van der Waals surface area contributed by atoms with E-state index in [0.29, 0.717) is 0 Å². The fourth-order valence-electron chi connectivity index (χ4n) is 9.77. The summed E-state index contributed by atoms with van der Waals surface area (Å²) in [6.07, 6.45) is 0. The van der Waals surface area contributed by atoms with Crippen molar-refractivity contribution in [3.05, 3.63) is 181 Å². The Kier molecular flexibility index (Phi) is 6.34. The van der Waals surface area contributed by atoms with Crippen LogP contribution in [-0.2, 0) is 5.41 Å². The summed E-state index contributed by atoms with van der Waals surface area (Å²) in [5.41, 5.74) is 14.6. The molecule has 1 nitrogen and oxygen atoms in total. The van der Waals surface area contributed by atoms with Crippen LogP contribution in [0.1, 0.15) is 25.0 Å². The van der Waals surface area contributed by atoms with E-state index in [1.807, 2.05) is 17.4 Å². The molecule has 55 heavy (non-hydrogen) atoms. The second-order valence-corrected chi connectivity index (χ2v) is 16.6. The fraction of sp³-hybridized carbons (Fsp3) is 0.0566. The van der Waals surface area contributed by atoms with Gasteiger partial charge >= 0.3 is 0 Å². The summed E-state index contributed by atoms with van der Waals surface area (Å²) in [6, 6.07) is 62.9. The molecule has 0 fully saturated rings. The van der Waals surface area contributed by atoms with Crippen molar-refractivity contribution in [2.45, 2.75) is 19.3 Å². The maximum atomic E-state index is 6.63. The number of hydrogen-bond acceptors (Lipinski definition) is 2. The number of para-hydroxylation sites is 2. The van der Waals surface area contributed by atoms with Gasteiger partial charge in [0.1, 0.15) is 11.2 Å². The topological polar surface area (TPSA) is 13.1 Å². The number of fused-ring (bicyclic) bond motifs is 11. The van der Waals surface area contributed by atoms with Gasteiger partial charge in [-0.3, -0.25) is 0 Å². The van der Waals surface area contributed by atoms with E-state index in [1.54, 1.807) is 0 Å². The van der Waals surface area contributed by atoms with Gasteiger partial charge in [0.05, 0.1) is 0 Å². The summed E-state index contributed by atoms with van der Waals surface area (Å²) in [6.45, 7) is 4.74. The number of thiophene rings is 1. The smallest absolute Gasteiger partial charge is 0.143 e. The molecule has 0 bridgehead atoms. The Balaban J connectivity index is 1.18.